The van der Waals surface area contributed by atoms with Crippen molar-refractivity contribution >= 4 is 21.7 Å². The Morgan fingerprint density at radius 1 is 1.47 bits per heavy atom. The summed E-state index contributed by atoms with van der Waals surface area (Å²) in [6, 6.07) is -1.43. The van der Waals surface area contributed by atoms with Gasteiger partial charge in [0.05, 0.1) is 5.75 Å². The Balaban J connectivity index is 4.03. The van der Waals surface area contributed by atoms with E-state index in [0.717, 1.165) is 6.42 Å². The number of hydrogen-bond donors (Lipinski definition) is 4. The van der Waals surface area contributed by atoms with Crippen LogP contribution < -0.4 is 10.5 Å². The number of aliphatic carboxylic acids is 1. The Kier molecular flexibility index (Phi) is 6.93. The van der Waals surface area contributed by atoms with Crippen LogP contribution in [0, 0.1) is 5.41 Å². The Morgan fingerprint density at radius 2 is 2.06 bits per heavy atom. The van der Waals surface area contributed by atoms with Crippen molar-refractivity contribution in [1.82, 2.24) is 4.72 Å². The first-order valence-electron chi connectivity index (χ1n) is 5.30. The summed E-state index contributed by atoms with van der Waals surface area (Å²) in [6.07, 6.45) is 1.81. The zero-order valence-electron chi connectivity index (χ0n) is 9.77. The Morgan fingerprint density at radius 3 is 2.53 bits per heavy atom. The summed E-state index contributed by atoms with van der Waals surface area (Å²) in [5.41, 5.74) is 5.59. The standard InChI is InChI=1S/C9H19N3O4S/c1-2-3-7(10)4-5-12-17(15,16)6-8(11)9(13)14/h8,10,12H,2-6,11H2,1H3,(H,13,14)/t8-/m0/s1. The largest absolute Gasteiger partial charge is 0.480 e. The number of carboxylic acids is 1. The normalized spacial score (nSPS) is 13.3. The van der Waals surface area contributed by atoms with Crippen LogP contribution in [0.15, 0.2) is 0 Å². The second kappa shape index (κ2) is 7.36. The molecule has 17 heavy (non-hydrogen) atoms. The molecule has 0 radical (unpaired) electrons. The van der Waals surface area contributed by atoms with E-state index in [1.807, 2.05) is 6.92 Å². The number of rotatable bonds is 9. The second-order valence-electron chi connectivity index (χ2n) is 3.72. The van der Waals surface area contributed by atoms with E-state index in [9.17, 15) is 13.2 Å². The summed E-state index contributed by atoms with van der Waals surface area (Å²) < 4.78 is 24.9. The van der Waals surface area contributed by atoms with Crippen LogP contribution in [-0.4, -0.2) is 43.5 Å². The number of carbonyl (C=O) groups is 1. The van der Waals surface area contributed by atoms with Crippen LogP contribution >= 0.6 is 0 Å². The van der Waals surface area contributed by atoms with Gasteiger partial charge in [-0.05, 0) is 12.8 Å². The number of carboxylic acid groups (broad SMARTS) is 1. The molecule has 0 aromatic heterocycles. The van der Waals surface area contributed by atoms with Crippen molar-refractivity contribution in [1.29, 1.82) is 5.41 Å². The molecular formula is C9H19N3O4S. The third-order valence-electron chi connectivity index (χ3n) is 2.02. The van der Waals surface area contributed by atoms with Gasteiger partial charge in [0.25, 0.3) is 0 Å². The van der Waals surface area contributed by atoms with E-state index in [2.05, 4.69) is 4.72 Å². The molecule has 0 saturated carbocycles. The predicted molar refractivity (Wildman–Crippen MR) is 64.7 cm³/mol. The second-order valence-corrected chi connectivity index (χ2v) is 5.58. The zero-order chi connectivity index (χ0) is 13.5. The average molecular weight is 265 g/mol. The molecule has 0 spiro atoms. The van der Waals surface area contributed by atoms with E-state index < -0.39 is 27.8 Å². The van der Waals surface area contributed by atoms with Crippen LogP contribution in [0.1, 0.15) is 26.2 Å². The first-order chi connectivity index (χ1) is 7.78. The Labute approximate surface area is 101 Å². The van der Waals surface area contributed by atoms with Crippen LogP contribution in [0.3, 0.4) is 0 Å². The van der Waals surface area contributed by atoms with Crippen molar-refractivity contribution in [3.8, 4) is 0 Å². The first kappa shape index (κ1) is 16.0. The van der Waals surface area contributed by atoms with Crippen LogP contribution in [-0.2, 0) is 14.8 Å². The van der Waals surface area contributed by atoms with Crippen LogP contribution in [0.2, 0.25) is 0 Å². The fraction of sp³-hybridized carbons (Fsp3) is 0.778. The Hall–Kier alpha value is -0.990. The van der Waals surface area contributed by atoms with Gasteiger partial charge in [0.15, 0.2) is 0 Å². The molecule has 0 amide bonds. The van der Waals surface area contributed by atoms with Gasteiger partial charge < -0.3 is 16.2 Å². The summed E-state index contributed by atoms with van der Waals surface area (Å²) >= 11 is 0. The molecule has 0 aliphatic carbocycles. The van der Waals surface area contributed by atoms with Crippen molar-refractivity contribution in [3.05, 3.63) is 0 Å². The highest BCUT2D eigenvalue weighted by atomic mass is 32.2. The summed E-state index contributed by atoms with van der Waals surface area (Å²) in [5.74, 6) is -2.00. The lowest BCUT2D eigenvalue weighted by Crippen LogP contribution is -2.41. The molecular weight excluding hydrogens is 246 g/mol. The van der Waals surface area contributed by atoms with Gasteiger partial charge in [-0.15, -0.1) is 0 Å². The average Bonchev–Trinajstić information content (AvgIpc) is 2.16. The van der Waals surface area contributed by atoms with E-state index in [1.54, 1.807) is 0 Å². The molecule has 1 atom stereocenters. The molecule has 0 rings (SSSR count). The molecule has 0 saturated heterocycles. The monoisotopic (exact) mass is 265 g/mol. The minimum atomic E-state index is -3.69. The summed E-state index contributed by atoms with van der Waals surface area (Å²) in [6.45, 7) is 2.04. The lowest BCUT2D eigenvalue weighted by molar-refractivity contribution is -0.137. The van der Waals surface area contributed by atoms with Gasteiger partial charge in [0, 0.05) is 12.3 Å². The number of hydrogen-bond acceptors (Lipinski definition) is 5. The Bertz CT molecular complexity index is 366. The van der Waals surface area contributed by atoms with Gasteiger partial charge in [-0.1, -0.05) is 13.3 Å². The molecule has 5 N–H and O–H groups in total. The third-order valence-corrected chi connectivity index (χ3v) is 3.46. The fourth-order valence-corrected chi connectivity index (χ4v) is 2.30. The predicted octanol–water partition coefficient (Wildman–Crippen LogP) is -0.472. The molecule has 0 heterocycles. The number of nitrogens with two attached hydrogens (primary N) is 1. The quantitative estimate of drug-likeness (QED) is 0.418. The van der Waals surface area contributed by atoms with E-state index in [1.165, 1.54) is 0 Å². The number of sulfonamides is 1. The van der Waals surface area contributed by atoms with Crippen LogP contribution in [0.25, 0.3) is 0 Å². The minimum absolute atomic E-state index is 0.105. The fourth-order valence-electron chi connectivity index (χ4n) is 1.15. The summed E-state index contributed by atoms with van der Waals surface area (Å²) in [4.78, 5) is 10.4. The van der Waals surface area contributed by atoms with Crippen LogP contribution in [0.4, 0.5) is 0 Å². The highest BCUT2D eigenvalue weighted by Crippen LogP contribution is 1.95. The van der Waals surface area contributed by atoms with Crippen molar-refractivity contribution in [2.75, 3.05) is 12.3 Å². The van der Waals surface area contributed by atoms with Crippen molar-refractivity contribution in [2.24, 2.45) is 5.73 Å². The number of nitrogens with one attached hydrogen (secondary N) is 2. The van der Waals surface area contributed by atoms with E-state index in [-0.39, 0.29) is 6.54 Å². The SMILES string of the molecule is CCCC(=N)CCNS(=O)(=O)C[C@H](N)C(=O)O. The van der Waals surface area contributed by atoms with Gasteiger partial charge in [0.2, 0.25) is 10.0 Å². The molecule has 0 fully saturated rings. The molecule has 0 aliphatic heterocycles. The summed E-state index contributed by atoms with van der Waals surface area (Å²) in [5, 5.41) is 15.9. The maximum atomic E-state index is 11.4. The molecule has 0 aliphatic rings. The molecule has 100 valence electrons. The van der Waals surface area contributed by atoms with Gasteiger partial charge >= 0.3 is 5.97 Å². The lowest BCUT2D eigenvalue weighted by atomic mass is 10.2. The molecule has 0 bridgehead atoms. The van der Waals surface area contributed by atoms with Crippen molar-refractivity contribution in [2.45, 2.75) is 32.2 Å². The first-order valence-corrected chi connectivity index (χ1v) is 6.95. The van der Waals surface area contributed by atoms with Gasteiger partial charge in [-0.2, -0.15) is 0 Å². The van der Waals surface area contributed by atoms with Crippen LogP contribution in [0.5, 0.6) is 0 Å². The van der Waals surface area contributed by atoms with E-state index >= 15 is 0 Å². The maximum Gasteiger partial charge on any atom is 0.321 e. The molecule has 8 heteroatoms. The third kappa shape index (κ3) is 7.83. The van der Waals surface area contributed by atoms with Gasteiger partial charge in [-0.3, -0.25) is 4.79 Å². The van der Waals surface area contributed by atoms with E-state index in [4.69, 9.17) is 16.2 Å². The topological polar surface area (TPSA) is 133 Å². The lowest BCUT2D eigenvalue weighted by Gasteiger charge is -2.09. The maximum absolute atomic E-state index is 11.4. The van der Waals surface area contributed by atoms with E-state index in [0.29, 0.717) is 18.6 Å². The smallest absolute Gasteiger partial charge is 0.321 e. The minimum Gasteiger partial charge on any atom is -0.480 e. The van der Waals surface area contributed by atoms with Crippen molar-refractivity contribution < 1.29 is 18.3 Å². The molecule has 0 aromatic carbocycles. The molecule has 0 aromatic rings. The van der Waals surface area contributed by atoms with Gasteiger partial charge in [-0.25, -0.2) is 13.1 Å². The highest BCUT2D eigenvalue weighted by Gasteiger charge is 2.20. The van der Waals surface area contributed by atoms with Gasteiger partial charge in [0.1, 0.15) is 6.04 Å². The van der Waals surface area contributed by atoms with Crippen molar-refractivity contribution in [3.63, 3.8) is 0 Å². The highest BCUT2D eigenvalue weighted by molar-refractivity contribution is 7.89. The molecule has 7 nitrogen and oxygen atoms in total. The zero-order valence-corrected chi connectivity index (χ0v) is 10.6. The molecule has 0 unspecified atom stereocenters. The summed E-state index contributed by atoms with van der Waals surface area (Å²) in [7, 11) is -3.69.